The highest BCUT2D eigenvalue weighted by Crippen LogP contribution is 2.66. The van der Waals surface area contributed by atoms with Gasteiger partial charge in [0.1, 0.15) is 0 Å². The molecule has 2 unspecified atom stereocenters. The van der Waals surface area contributed by atoms with Crippen LogP contribution in [0.5, 0.6) is 0 Å². The Balaban J connectivity index is 1.71. The van der Waals surface area contributed by atoms with Crippen molar-refractivity contribution in [1.82, 2.24) is 0 Å². The summed E-state index contributed by atoms with van der Waals surface area (Å²) < 4.78 is 17.7. The molecule has 3 rings (SSSR count). The normalized spacial score (nSPS) is 44.2. The van der Waals surface area contributed by atoms with E-state index in [1.165, 1.54) is 12.8 Å². The largest absolute Gasteiger partial charge is 0.461 e. The molecule has 2 heterocycles. The van der Waals surface area contributed by atoms with E-state index in [1.807, 2.05) is 0 Å². The fourth-order valence-corrected chi connectivity index (χ4v) is 2.89. The van der Waals surface area contributed by atoms with Crippen LogP contribution in [0.2, 0.25) is 5.82 Å². The van der Waals surface area contributed by atoms with E-state index in [1.54, 1.807) is 0 Å². The highest BCUT2D eigenvalue weighted by atomic mass is 16.7. The highest BCUT2D eigenvalue weighted by Gasteiger charge is 2.67. The lowest BCUT2D eigenvalue weighted by Gasteiger charge is -2.32. The predicted octanol–water partition coefficient (Wildman–Crippen LogP) is 2.26. The maximum absolute atomic E-state index is 6.10. The first kappa shape index (κ1) is 11.1. The van der Waals surface area contributed by atoms with Crippen LogP contribution in [0.3, 0.4) is 0 Å². The van der Waals surface area contributed by atoms with Gasteiger partial charge in [-0.15, -0.1) is 0 Å². The van der Waals surface area contributed by atoms with Crippen LogP contribution in [0, 0.1) is 5.41 Å². The Hall–Kier alpha value is -0.0551. The third-order valence-electron chi connectivity index (χ3n) is 4.99. The van der Waals surface area contributed by atoms with Crippen molar-refractivity contribution in [2.45, 2.75) is 57.6 Å². The SMILES string of the molecule is CC1(C)OB(C2CC23CCOC3)OC1(C)C. The summed E-state index contributed by atoms with van der Waals surface area (Å²) in [5.41, 5.74) is 0.00296. The molecular formula is C12H21BO3. The Labute approximate surface area is 98.0 Å². The Morgan fingerprint density at radius 2 is 1.69 bits per heavy atom. The molecule has 2 aliphatic heterocycles. The lowest BCUT2D eigenvalue weighted by atomic mass is 9.76. The average molecular weight is 224 g/mol. The Bertz CT molecular complexity index is 291. The van der Waals surface area contributed by atoms with Gasteiger partial charge in [0, 0.05) is 12.4 Å². The Morgan fingerprint density at radius 1 is 1.06 bits per heavy atom. The van der Waals surface area contributed by atoms with E-state index in [9.17, 15) is 0 Å². The molecule has 2 saturated heterocycles. The molecular weight excluding hydrogens is 203 g/mol. The van der Waals surface area contributed by atoms with Crippen LogP contribution in [0.1, 0.15) is 40.5 Å². The van der Waals surface area contributed by atoms with Crippen molar-refractivity contribution in [3.63, 3.8) is 0 Å². The molecule has 1 saturated carbocycles. The summed E-state index contributed by atoms with van der Waals surface area (Å²) in [5, 5.41) is 0. The van der Waals surface area contributed by atoms with Gasteiger partial charge in [0.25, 0.3) is 0 Å². The van der Waals surface area contributed by atoms with Crippen molar-refractivity contribution in [2.75, 3.05) is 13.2 Å². The van der Waals surface area contributed by atoms with Crippen molar-refractivity contribution < 1.29 is 14.0 Å². The molecule has 0 N–H and O–H groups in total. The summed E-state index contributed by atoms with van der Waals surface area (Å²) in [6, 6.07) is 0. The van der Waals surface area contributed by atoms with Crippen LogP contribution in [0.25, 0.3) is 0 Å². The van der Waals surface area contributed by atoms with Gasteiger partial charge in [0.15, 0.2) is 0 Å². The quantitative estimate of drug-likeness (QED) is 0.639. The highest BCUT2D eigenvalue weighted by molar-refractivity contribution is 6.49. The molecule has 90 valence electrons. The van der Waals surface area contributed by atoms with Gasteiger partial charge in [-0.1, -0.05) is 0 Å². The molecule has 0 aromatic heterocycles. The zero-order valence-electron chi connectivity index (χ0n) is 10.7. The monoisotopic (exact) mass is 224 g/mol. The first-order chi connectivity index (χ1) is 7.36. The summed E-state index contributed by atoms with van der Waals surface area (Å²) in [6.07, 6.45) is 2.39. The number of rotatable bonds is 1. The summed E-state index contributed by atoms with van der Waals surface area (Å²) in [4.78, 5) is 0. The van der Waals surface area contributed by atoms with Crippen molar-refractivity contribution in [1.29, 1.82) is 0 Å². The van der Waals surface area contributed by atoms with Gasteiger partial charge < -0.3 is 14.0 Å². The van der Waals surface area contributed by atoms with Crippen LogP contribution >= 0.6 is 0 Å². The number of ether oxygens (including phenoxy) is 1. The number of hydrogen-bond donors (Lipinski definition) is 0. The topological polar surface area (TPSA) is 27.7 Å². The van der Waals surface area contributed by atoms with Crippen LogP contribution in [-0.4, -0.2) is 31.5 Å². The molecule has 3 aliphatic rings. The minimum absolute atomic E-state index is 0.0216. The molecule has 1 aliphatic carbocycles. The van der Waals surface area contributed by atoms with E-state index in [0.717, 1.165) is 13.2 Å². The van der Waals surface area contributed by atoms with E-state index < -0.39 is 0 Å². The lowest BCUT2D eigenvalue weighted by Crippen LogP contribution is -2.41. The Kier molecular flexibility index (Phi) is 2.10. The zero-order chi connectivity index (χ0) is 11.6. The third kappa shape index (κ3) is 1.39. The molecule has 0 radical (unpaired) electrons. The molecule has 1 spiro atoms. The maximum Gasteiger partial charge on any atom is 0.461 e. The van der Waals surface area contributed by atoms with Crippen molar-refractivity contribution >= 4 is 7.12 Å². The zero-order valence-corrected chi connectivity index (χ0v) is 10.7. The summed E-state index contributed by atoms with van der Waals surface area (Å²) >= 11 is 0. The molecule has 0 aromatic rings. The van der Waals surface area contributed by atoms with E-state index in [0.29, 0.717) is 11.2 Å². The average Bonchev–Trinajstić information content (AvgIpc) is 2.52. The van der Waals surface area contributed by atoms with Gasteiger partial charge >= 0.3 is 7.12 Å². The van der Waals surface area contributed by atoms with Gasteiger partial charge in [-0.3, -0.25) is 0 Å². The minimum atomic E-state index is -0.194. The third-order valence-corrected chi connectivity index (χ3v) is 4.99. The van der Waals surface area contributed by atoms with E-state index in [2.05, 4.69) is 27.7 Å². The van der Waals surface area contributed by atoms with Gasteiger partial charge in [-0.2, -0.15) is 0 Å². The van der Waals surface area contributed by atoms with Gasteiger partial charge in [-0.25, -0.2) is 0 Å². The van der Waals surface area contributed by atoms with Crippen LogP contribution in [-0.2, 0) is 14.0 Å². The molecule has 3 fully saturated rings. The standard InChI is InChI=1S/C12H21BO3/c1-10(2)11(3,4)16-13(15-10)9-7-12(9)5-6-14-8-12/h9H,5-8H2,1-4H3. The van der Waals surface area contributed by atoms with Crippen molar-refractivity contribution in [2.24, 2.45) is 5.41 Å². The van der Waals surface area contributed by atoms with E-state index in [4.69, 9.17) is 14.0 Å². The summed E-state index contributed by atoms with van der Waals surface area (Å²) in [6.45, 7) is 10.3. The molecule has 3 nitrogen and oxygen atoms in total. The van der Waals surface area contributed by atoms with Gasteiger partial charge in [0.2, 0.25) is 0 Å². The van der Waals surface area contributed by atoms with Crippen LogP contribution in [0.15, 0.2) is 0 Å². The lowest BCUT2D eigenvalue weighted by molar-refractivity contribution is 0.00578. The summed E-state index contributed by atoms with van der Waals surface area (Å²) in [7, 11) is -0.0216. The minimum Gasteiger partial charge on any atom is -0.403 e. The van der Waals surface area contributed by atoms with Gasteiger partial charge in [0.05, 0.1) is 17.8 Å². The van der Waals surface area contributed by atoms with Crippen LogP contribution in [0.4, 0.5) is 0 Å². The molecule has 4 heteroatoms. The molecule has 0 bridgehead atoms. The first-order valence-electron chi connectivity index (χ1n) is 6.30. The molecule has 16 heavy (non-hydrogen) atoms. The van der Waals surface area contributed by atoms with E-state index in [-0.39, 0.29) is 18.3 Å². The van der Waals surface area contributed by atoms with Crippen molar-refractivity contribution in [3.8, 4) is 0 Å². The number of hydrogen-bond acceptors (Lipinski definition) is 3. The molecule has 0 aromatic carbocycles. The second-order valence-corrected chi connectivity index (χ2v) is 6.60. The van der Waals surface area contributed by atoms with E-state index >= 15 is 0 Å². The van der Waals surface area contributed by atoms with Gasteiger partial charge in [-0.05, 0) is 46.0 Å². The fraction of sp³-hybridized carbons (Fsp3) is 1.00. The predicted molar refractivity (Wildman–Crippen MR) is 62.3 cm³/mol. The Morgan fingerprint density at radius 3 is 2.19 bits per heavy atom. The second-order valence-electron chi connectivity index (χ2n) is 6.60. The fourth-order valence-electron chi connectivity index (χ4n) is 2.89. The first-order valence-corrected chi connectivity index (χ1v) is 6.30. The molecule has 2 atom stereocenters. The van der Waals surface area contributed by atoms with Crippen LogP contribution < -0.4 is 0 Å². The van der Waals surface area contributed by atoms with Crippen molar-refractivity contribution in [3.05, 3.63) is 0 Å². The molecule has 0 amide bonds. The smallest absolute Gasteiger partial charge is 0.403 e. The second kappa shape index (κ2) is 3.03. The summed E-state index contributed by atoms with van der Waals surface area (Å²) in [5.74, 6) is 0.552. The maximum atomic E-state index is 6.10.